The molecule has 2 atom stereocenters. The molecule has 2 unspecified atom stereocenters. The molecule has 0 N–H and O–H groups in total. The molecular formula is C14H17N5O2S2. The molecule has 0 bridgehead atoms. The number of aryl methyl sites for hydroxylation is 1. The van der Waals surface area contributed by atoms with Crippen molar-refractivity contribution in [3.8, 4) is 0 Å². The third-order valence-corrected chi connectivity index (χ3v) is 6.33. The van der Waals surface area contributed by atoms with Crippen LogP contribution in [0.1, 0.15) is 23.9 Å². The number of amides is 1. The Hall–Kier alpha value is -1.45. The van der Waals surface area contributed by atoms with E-state index in [-0.39, 0.29) is 18.1 Å². The number of carbonyl (C=O) groups excluding carboxylic acids is 1. The standard InChI is InChI=1S/C14H17N5O2S2/c1-9-7-22-14(16-9)23-8-13(20)18-3-2-11-12(5-18)21-6-10-4-15-17-19(10)11/h4,7,11-12H,2-3,5-6,8H2,1H3. The molecule has 1 saturated heterocycles. The molecule has 0 radical (unpaired) electrons. The third kappa shape index (κ3) is 3.00. The lowest BCUT2D eigenvalue weighted by Crippen LogP contribution is -2.50. The highest BCUT2D eigenvalue weighted by Gasteiger charge is 2.37. The summed E-state index contributed by atoms with van der Waals surface area (Å²) in [4.78, 5) is 18.7. The summed E-state index contributed by atoms with van der Waals surface area (Å²) < 4.78 is 8.81. The van der Waals surface area contributed by atoms with Gasteiger partial charge in [-0.15, -0.1) is 16.4 Å². The zero-order valence-corrected chi connectivity index (χ0v) is 14.3. The molecule has 4 heterocycles. The number of thiazole rings is 1. The monoisotopic (exact) mass is 351 g/mol. The maximum atomic E-state index is 12.4. The van der Waals surface area contributed by atoms with Gasteiger partial charge in [0.25, 0.3) is 0 Å². The quantitative estimate of drug-likeness (QED) is 0.781. The molecule has 1 amide bonds. The highest BCUT2D eigenvalue weighted by molar-refractivity contribution is 8.01. The summed E-state index contributed by atoms with van der Waals surface area (Å²) in [5, 5.41) is 10.1. The van der Waals surface area contributed by atoms with Crippen LogP contribution >= 0.6 is 23.1 Å². The van der Waals surface area contributed by atoms with E-state index in [0.29, 0.717) is 18.9 Å². The molecule has 0 spiro atoms. The molecule has 2 aromatic rings. The Morgan fingerprint density at radius 3 is 3.30 bits per heavy atom. The largest absolute Gasteiger partial charge is 0.368 e. The second-order valence-corrected chi connectivity index (χ2v) is 7.84. The van der Waals surface area contributed by atoms with Crippen molar-refractivity contribution in [2.45, 2.75) is 36.4 Å². The Bertz CT molecular complexity index is 716. The zero-order valence-electron chi connectivity index (χ0n) is 12.7. The Kier molecular flexibility index (Phi) is 4.08. The summed E-state index contributed by atoms with van der Waals surface area (Å²) in [5.74, 6) is 0.577. The lowest BCUT2D eigenvalue weighted by Gasteiger charge is -2.40. The van der Waals surface area contributed by atoms with Gasteiger partial charge in [0, 0.05) is 24.2 Å². The van der Waals surface area contributed by atoms with E-state index in [1.54, 1.807) is 17.5 Å². The van der Waals surface area contributed by atoms with Crippen LogP contribution in [-0.2, 0) is 16.1 Å². The number of hydrogen-bond acceptors (Lipinski definition) is 7. The normalized spacial score (nSPS) is 23.4. The third-order valence-electron chi connectivity index (χ3n) is 4.20. The number of thioether (sulfide) groups is 1. The van der Waals surface area contributed by atoms with Gasteiger partial charge in [0.2, 0.25) is 5.91 Å². The maximum Gasteiger partial charge on any atom is 0.233 e. The van der Waals surface area contributed by atoms with Crippen LogP contribution in [0.25, 0.3) is 0 Å². The molecular weight excluding hydrogens is 334 g/mol. The molecule has 2 aliphatic heterocycles. The van der Waals surface area contributed by atoms with Crippen LogP contribution in [0, 0.1) is 6.92 Å². The first kappa shape index (κ1) is 15.1. The van der Waals surface area contributed by atoms with E-state index in [0.717, 1.165) is 28.7 Å². The minimum atomic E-state index is 0.00834. The second-order valence-electron chi connectivity index (χ2n) is 5.76. The van der Waals surface area contributed by atoms with Gasteiger partial charge >= 0.3 is 0 Å². The van der Waals surface area contributed by atoms with Gasteiger partial charge in [-0.05, 0) is 13.3 Å². The van der Waals surface area contributed by atoms with E-state index in [1.165, 1.54) is 11.8 Å². The fourth-order valence-corrected chi connectivity index (χ4v) is 4.78. The molecule has 1 fully saturated rings. The summed E-state index contributed by atoms with van der Waals surface area (Å²) in [6, 6.07) is 0.194. The average Bonchev–Trinajstić information content (AvgIpc) is 3.20. The first-order valence-corrected chi connectivity index (χ1v) is 9.40. The fourth-order valence-electron chi connectivity index (χ4n) is 3.03. The van der Waals surface area contributed by atoms with Gasteiger partial charge < -0.3 is 9.64 Å². The molecule has 7 nitrogen and oxygen atoms in total. The van der Waals surface area contributed by atoms with Crippen molar-refractivity contribution in [3.05, 3.63) is 23.0 Å². The molecule has 0 aromatic carbocycles. The van der Waals surface area contributed by atoms with E-state index in [2.05, 4.69) is 15.3 Å². The van der Waals surface area contributed by atoms with Crippen molar-refractivity contribution in [1.82, 2.24) is 24.9 Å². The number of nitrogens with zero attached hydrogens (tertiary/aromatic N) is 5. The molecule has 23 heavy (non-hydrogen) atoms. The van der Waals surface area contributed by atoms with E-state index < -0.39 is 0 Å². The average molecular weight is 351 g/mol. The molecule has 0 saturated carbocycles. The van der Waals surface area contributed by atoms with Crippen molar-refractivity contribution in [2.75, 3.05) is 18.8 Å². The van der Waals surface area contributed by atoms with Crippen molar-refractivity contribution in [3.63, 3.8) is 0 Å². The smallest absolute Gasteiger partial charge is 0.233 e. The van der Waals surface area contributed by atoms with E-state index in [9.17, 15) is 4.79 Å². The van der Waals surface area contributed by atoms with Gasteiger partial charge in [-0.25, -0.2) is 9.67 Å². The first-order chi connectivity index (χ1) is 11.2. The number of piperidine rings is 1. The number of hydrogen-bond donors (Lipinski definition) is 0. The lowest BCUT2D eigenvalue weighted by molar-refractivity contribution is -0.136. The molecule has 0 aliphatic carbocycles. The van der Waals surface area contributed by atoms with E-state index in [4.69, 9.17) is 4.74 Å². The Labute approximate surface area is 142 Å². The molecule has 2 aliphatic rings. The zero-order chi connectivity index (χ0) is 15.8. The highest BCUT2D eigenvalue weighted by atomic mass is 32.2. The number of aromatic nitrogens is 4. The molecule has 122 valence electrons. The minimum Gasteiger partial charge on any atom is -0.368 e. The van der Waals surface area contributed by atoms with Gasteiger partial charge in [-0.3, -0.25) is 4.79 Å². The second kappa shape index (κ2) is 6.21. The number of rotatable bonds is 3. The fraction of sp³-hybridized carbons (Fsp3) is 0.571. The van der Waals surface area contributed by atoms with E-state index >= 15 is 0 Å². The topological polar surface area (TPSA) is 73.1 Å². The van der Waals surface area contributed by atoms with Crippen molar-refractivity contribution in [2.24, 2.45) is 0 Å². The van der Waals surface area contributed by atoms with Crippen molar-refractivity contribution < 1.29 is 9.53 Å². The maximum absolute atomic E-state index is 12.4. The first-order valence-electron chi connectivity index (χ1n) is 7.54. The predicted molar refractivity (Wildman–Crippen MR) is 86.4 cm³/mol. The Balaban J connectivity index is 1.36. The Morgan fingerprint density at radius 1 is 1.57 bits per heavy atom. The number of ether oxygens (including phenoxy) is 1. The summed E-state index contributed by atoms with van der Waals surface area (Å²) >= 11 is 3.10. The summed E-state index contributed by atoms with van der Waals surface area (Å²) in [5.41, 5.74) is 2.02. The van der Waals surface area contributed by atoms with Gasteiger partial charge in [-0.2, -0.15) is 0 Å². The number of carbonyl (C=O) groups is 1. The summed E-state index contributed by atoms with van der Waals surface area (Å²) in [6.45, 7) is 3.84. The van der Waals surface area contributed by atoms with E-state index in [1.807, 2.05) is 21.9 Å². The van der Waals surface area contributed by atoms with Gasteiger partial charge in [0.05, 0.1) is 36.4 Å². The molecule has 2 aromatic heterocycles. The summed E-state index contributed by atoms with van der Waals surface area (Å²) in [7, 11) is 0. The van der Waals surface area contributed by atoms with Crippen LogP contribution in [0.5, 0.6) is 0 Å². The van der Waals surface area contributed by atoms with Crippen LogP contribution in [0.2, 0.25) is 0 Å². The van der Waals surface area contributed by atoms with Gasteiger partial charge in [-0.1, -0.05) is 17.0 Å². The van der Waals surface area contributed by atoms with Crippen molar-refractivity contribution >= 4 is 29.0 Å². The van der Waals surface area contributed by atoms with Crippen LogP contribution in [0.15, 0.2) is 15.9 Å². The molecule has 9 heteroatoms. The minimum absolute atomic E-state index is 0.00834. The predicted octanol–water partition coefficient (Wildman–Crippen LogP) is 1.51. The van der Waals surface area contributed by atoms with Crippen LogP contribution in [0.4, 0.5) is 0 Å². The van der Waals surface area contributed by atoms with Crippen LogP contribution in [0.3, 0.4) is 0 Å². The SMILES string of the molecule is Cc1csc(SCC(=O)N2CCC3C(C2)OCc2cnnn23)n1. The lowest BCUT2D eigenvalue weighted by atomic mass is 10.0. The highest BCUT2D eigenvalue weighted by Crippen LogP contribution is 2.31. The Morgan fingerprint density at radius 2 is 2.48 bits per heavy atom. The molecule has 4 rings (SSSR count). The number of fused-ring (bicyclic) bond motifs is 3. The summed E-state index contributed by atoms with van der Waals surface area (Å²) in [6.07, 6.45) is 2.61. The van der Waals surface area contributed by atoms with Gasteiger partial charge in [0.15, 0.2) is 4.34 Å². The number of likely N-dealkylation sites (tertiary alicyclic amines) is 1. The van der Waals surface area contributed by atoms with Crippen LogP contribution in [-0.4, -0.2) is 55.7 Å². The van der Waals surface area contributed by atoms with Gasteiger partial charge in [0.1, 0.15) is 0 Å². The van der Waals surface area contributed by atoms with Crippen molar-refractivity contribution in [1.29, 1.82) is 0 Å². The van der Waals surface area contributed by atoms with Crippen LogP contribution < -0.4 is 0 Å².